The van der Waals surface area contributed by atoms with Gasteiger partial charge in [0.1, 0.15) is 11.6 Å². The average Bonchev–Trinajstić information content (AvgIpc) is 3.07. The zero-order valence-corrected chi connectivity index (χ0v) is 21.6. The lowest BCUT2D eigenvalue weighted by atomic mass is 9.78. The molecule has 1 aliphatic heterocycles. The highest BCUT2D eigenvalue weighted by atomic mass is 16.5. The standard InChI is InChI=1S/C27H36N4O4/c1-26(2,3)19-11-17(12-20(22(19)33)27(4,5)6)21(32)14-31-13-16-9-8-15(10-18(16)24(31)28)23(35-7)25(34)30-29/h8-12,23,28,33H,13-14,29H2,1-7H3,(H,30,34). The molecule has 0 aromatic heterocycles. The zero-order valence-electron chi connectivity index (χ0n) is 21.6. The highest BCUT2D eigenvalue weighted by molar-refractivity contribution is 6.05. The molecule has 1 aliphatic rings. The number of nitrogens with zero attached hydrogens (tertiary/aromatic N) is 1. The fraction of sp³-hybridized carbons (Fsp3) is 0.444. The van der Waals surface area contributed by atoms with E-state index in [2.05, 4.69) is 5.43 Å². The maximum Gasteiger partial charge on any atom is 0.267 e. The van der Waals surface area contributed by atoms with Gasteiger partial charge in [0.15, 0.2) is 11.9 Å². The number of nitrogens with one attached hydrogen (secondary N) is 2. The number of phenolic OH excluding ortho intramolecular Hbond substituents is 1. The fourth-order valence-electron chi connectivity index (χ4n) is 4.38. The summed E-state index contributed by atoms with van der Waals surface area (Å²) in [6, 6.07) is 8.89. The lowest BCUT2D eigenvalue weighted by Crippen LogP contribution is -2.35. The average molecular weight is 481 g/mol. The van der Waals surface area contributed by atoms with E-state index in [1.54, 1.807) is 29.2 Å². The third kappa shape index (κ3) is 5.23. The van der Waals surface area contributed by atoms with Crippen LogP contribution in [0.2, 0.25) is 0 Å². The third-order valence-corrected chi connectivity index (χ3v) is 6.37. The summed E-state index contributed by atoms with van der Waals surface area (Å²) in [5.41, 5.74) is 5.48. The SMILES string of the molecule is COC(C(=O)NN)c1ccc2c(c1)C(=N)N(CC(=O)c1cc(C(C)(C)C)c(O)c(C(C)(C)C)c1)C2. The van der Waals surface area contributed by atoms with Gasteiger partial charge in [0.2, 0.25) is 0 Å². The van der Waals surface area contributed by atoms with Crippen LogP contribution < -0.4 is 11.3 Å². The van der Waals surface area contributed by atoms with Crippen LogP contribution in [-0.4, -0.2) is 41.2 Å². The smallest absolute Gasteiger partial charge is 0.267 e. The first kappa shape index (κ1) is 26.4. The van der Waals surface area contributed by atoms with E-state index in [-0.39, 0.29) is 34.7 Å². The number of aromatic hydroxyl groups is 1. The van der Waals surface area contributed by atoms with Crippen molar-refractivity contribution in [1.82, 2.24) is 10.3 Å². The molecule has 0 bridgehead atoms. The number of Topliss-reactive ketones (excluding diaryl/α,β-unsaturated/α-hetero) is 1. The summed E-state index contributed by atoms with van der Waals surface area (Å²) in [7, 11) is 1.42. The van der Waals surface area contributed by atoms with Crippen LogP contribution in [0.15, 0.2) is 30.3 Å². The van der Waals surface area contributed by atoms with Crippen molar-refractivity contribution in [2.45, 2.75) is 65.0 Å². The molecule has 2 aromatic rings. The summed E-state index contributed by atoms with van der Waals surface area (Å²) in [6.07, 6.45) is -0.891. The Kier molecular flexibility index (Phi) is 7.11. The van der Waals surface area contributed by atoms with Crippen molar-refractivity contribution < 1.29 is 19.4 Å². The van der Waals surface area contributed by atoms with Crippen LogP contribution in [0, 0.1) is 5.41 Å². The van der Waals surface area contributed by atoms with Gasteiger partial charge in [0.05, 0.1) is 6.54 Å². The molecule has 8 nitrogen and oxygen atoms in total. The van der Waals surface area contributed by atoms with E-state index in [1.807, 2.05) is 47.6 Å². The predicted molar refractivity (Wildman–Crippen MR) is 136 cm³/mol. The molecule has 1 atom stereocenters. The number of nitrogens with two attached hydrogens (primary N) is 1. The van der Waals surface area contributed by atoms with E-state index in [9.17, 15) is 14.7 Å². The Morgan fingerprint density at radius 2 is 1.69 bits per heavy atom. The first-order valence-electron chi connectivity index (χ1n) is 11.6. The van der Waals surface area contributed by atoms with Gasteiger partial charge >= 0.3 is 0 Å². The number of benzene rings is 2. The predicted octanol–water partition coefficient (Wildman–Crippen LogP) is 3.69. The summed E-state index contributed by atoms with van der Waals surface area (Å²) in [4.78, 5) is 27.1. The number of ether oxygens (including phenoxy) is 1. The molecule has 0 radical (unpaired) electrons. The monoisotopic (exact) mass is 480 g/mol. The van der Waals surface area contributed by atoms with Crippen molar-refractivity contribution in [3.63, 3.8) is 0 Å². The molecule has 0 saturated carbocycles. The molecule has 8 heteroatoms. The second kappa shape index (κ2) is 9.43. The van der Waals surface area contributed by atoms with E-state index in [0.29, 0.717) is 23.2 Å². The molecule has 5 N–H and O–H groups in total. The van der Waals surface area contributed by atoms with Crippen molar-refractivity contribution in [3.05, 3.63) is 63.7 Å². The van der Waals surface area contributed by atoms with Gasteiger partial charge in [-0.05, 0) is 40.2 Å². The van der Waals surface area contributed by atoms with Crippen LogP contribution in [0.25, 0.3) is 0 Å². The van der Waals surface area contributed by atoms with Gasteiger partial charge < -0.3 is 14.7 Å². The molecule has 35 heavy (non-hydrogen) atoms. The Morgan fingerprint density at radius 1 is 1.11 bits per heavy atom. The number of hydrogen-bond donors (Lipinski definition) is 4. The molecule has 1 heterocycles. The number of phenols is 1. The number of hydrogen-bond acceptors (Lipinski definition) is 6. The van der Waals surface area contributed by atoms with Gasteiger partial charge in [-0.2, -0.15) is 0 Å². The number of amides is 1. The molecule has 0 spiro atoms. The molecule has 0 aliphatic carbocycles. The lowest BCUT2D eigenvalue weighted by molar-refractivity contribution is -0.131. The highest BCUT2D eigenvalue weighted by Gasteiger charge is 2.31. The Balaban J connectivity index is 1.90. The van der Waals surface area contributed by atoms with Crippen molar-refractivity contribution in [3.8, 4) is 5.75 Å². The van der Waals surface area contributed by atoms with E-state index < -0.39 is 12.0 Å². The van der Waals surface area contributed by atoms with Gasteiger partial charge in [0, 0.05) is 35.9 Å². The quantitative estimate of drug-likeness (QED) is 0.216. The van der Waals surface area contributed by atoms with Crippen LogP contribution in [0.3, 0.4) is 0 Å². The van der Waals surface area contributed by atoms with E-state index in [1.165, 1.54) is 7.11 Å². The minimum absolute atomic E-state index is 0.0256. The van der Waals surface area contributed by atoms with Crippen LogP contribution in [0.4, 0.5) is 0 Å². The summed E-state index contributed by atoms with van der Waals surface area (Å²) in [5.74, 6) is 5.08. The molecule has 0 fully saturated rings. The van der Waals surface area contributed by atoms with Gasteiger partial charge in [-0.25, -0.2) is 5.84 Å². The molecule has 2 aromatic carbocycles. The largest absolute Gasteiger partial charge is 0.507 e. The minimum atomic E-state index is -0.891. The van der Waals surface area contributed by atoms with E-state index in [4.69, 9.17) is 16.0 Å². The van der Waals surface area contributed by atoms with E-state index in [0.717, 1.165) is 16.7 Å². The van der Waals surface area contributed by atoms with Gasteiger partial charge in [0.25, 0.3) is 5.91 Å². The number of fused-ring (bicyclic) bond motifs is 1. The van der Waals surface area contributed by atoms with Crippen molar-refractivity contribution >= 4 is 17.5 Å². The Labute approximate surface area is 206 Å². The number of methoxy groups -OCH3 is 1. The summed E-state index contributed by atoms with van der Waals surface area (Å²) < 4.78 is 5.27. The molecule has 0 saturated heterocycles. The summed E-state index contributed by atoms with van der Waals surface area (Å²) >= 11 is 0. The number of rotatable bonds is 6. The Morgan fingerprint density at radius 3 is 2.17 bits per heavy atom. The van der Waals surface area contributed by atoms with Crippen LogP contribution in [0.1, 0.15) is 85.8 Å². The molecule has 188 valence electrons. The fourth-order valence-corrected chi connectivity index (χ4v) is 4.38. The number of carbonyl (C=O) groups excluding carboxylic acids is 2. The van der Waals surface area contributed by atoms with Gasteiger partial charge in [-0.3, -0.25) is 20.4 Å². The Hall–Kier alpha value is -3.23. The Bertz CT molecular complexity index is 1140. The van der Waals surface area contributed by atoms with Crippen LogP contribution >= 0.6 is 0 Å². The topological polar surface area (TPSA) is 129 Å². The summed E-state index contributed by atoms with van der Waals surface area (Å²) in [5, 5.41) is 19.6. The second-order valence-corrected chi connectivity index (χ2v) is 11.1. The van der Waals surface area contributed by atoms with Gasteiger partial charge in [-0.1, -0.05) is 53.7 Å². The molecular weight excluding hydrogens is 444 g/mol. The van der Waals surface area contributed by atoms with Crippen LogP contribution in [0.5, 0.6) is 5.75 Å². The second-order valence-electron chi connectivity index (χ2n) is 11.1. The number of amidine groups is 1. The number of ketones is 1. The number of carbonyl (C=O) groups is 2. The molecular formula is C27H36N4O4. The van der Waals surface area contributed by atoms with E-state index >= 15 is 0 Å². The van der Waals surface area contributed by atoms with Crippen LogP contribution in [-0.2, 0) is 26.9 Å². The normalized spacial score (nSPS) is 14.6. The number of hydrazine groups is 1. The minimum Gasteiger partial charge on any atom is -0.507 e. The van der Waals surface area contributed by atoms with Gasteiger partial charge in [-0.15, -0.1) is 0 Å². The first-order valence-corrected chi connectivity index (χ1v) is 11.6. The highest BCUT2D eigenvalue weighted by Crippen LogP contribution is 2.40. The van der Waals surface area contributed by atoms with Crippen molar-refractivity contribution in [2.75, 3.05) is 13.7 Å². The van der Waals surface area contributed by atoms with Crippen molar-refractivity contribution in [2.24, 2.45) is 5.84 Å². The lowest BCUT2D eigenvalue weighted by Gasteiger charge is -2.28. The zero-order chi connectivity index (χ0) is 26.3. The third-order valence-electron chi connectivity index (χ3n) is 6.37. The maximum atomic E-state index is 13.4. The first-order chi connectivity index (χ1) is 16.2. The van der Waals surface area contributed by atoms with Crippen molar-refractivity contribution in [1.29, 1.82) is 5.41 Å². The summed E-state index contributed by atoms with van der Waals surface area (Å²) in [6.45, 7) is 12.5. The maximum absolute atomic E-state index is 13.4. The molecule has 3 rings (SSSR count). The molecule has 1 amide bonds. The molecule has 1 unspecified atom stereocenters.